The van der Waals surface area contributed by atoms with E-state index in [0.29, 0.717) is 50.8 Å². The molecule has 1 fully saturated rings. The Balaban J connectivity index is 1.54. The van der Waals surface area contributed by atoms with E-state index in [4.69, 9.17) is 4.42 Å². The van der Waals surface area contributed by atoms with Crippen molar-refractivity contribution in [3.8, 4) is 0 Å². The van der Waals surface area contributed by atoms with Gasteiger partial charge in [-0.2, -0.15) is 0 Å². The molecule has 0 bridgehead atoms. The van der Waals surface area contributed by atoms with Gasteiger partial charge in [0.1, 0.15) is 5.82 Å². The summed E-state index contributed by atoms with van der Waals surface area (Å²) < 4.78 is 7.38. The molecule has 0 radical (unpaired) electrons. The van der Waals surface area contributed by atoms with Crippen molar-refractivity contribution in [3.63, 3.8) is 0 Å². The number of nitrogens with zero attached hydrogens (tertiary/aromatic N) is 5. The molecule has 26 heavy (non-hydrogen) atoms. The molecule has 8 nitrogen and oxygen atoms in total. The summed E-state index contributed by atoms with van der Waals surface area (Å²) in [5, 5.41) is 19.0. The molecule has 2 aliphatic heterocycles. The van der Waals surface area contributed by atoms with Gasteiger partial charge in [0.2, 0.25) is 0 Å². The molecule has 0 spiro atoms. The highest BCUT2D eigenvalue weighted by atomic mass is 16.3. The zero-order chi connectivity index (χ0) is 18.3. The monoisotopic (exact) mass is 359 g/mol. The molecule has 4 rings (SSSR count). The van der Waals surface area contributed by atoms with Gasteiger partial charge in [-0.25, -0.2) is 0 Å². The lowest BCUT2D eigenvalue weighted by molar-refractivity contribution is 0.0726. The number of aliphatic hydroxyl groups is 1. The quantitative estimate of drug-likeness (QED) is 0.883. The minimum Gasteiger partial charge on any atom is -0.459 e. The van der Waals surface area contributed by atoms with E-state index >= 15 is 0 Å². The number of aliphatic hydroxyl groups excluding tert-OH is 1. The molecule has 2 atom stereocenters. The fourth-order valence-corrected chi connectivity index (χ4v) is 4.01. The molecule has 2 aromatic rings. The van der Waals surface area contributed by atoms with Crippen LogP contribution >= 0.6 is 0 Å². The average Bonchev–Trinajstić information content (AvgIpc) is 3.32. The Bertz CT molecular complexity index is 770. The number of hydrogen-bond donors (Lipinski definition) is 1. The summed E-state index contributed by atoms with van der Waals surface area (Å²) in [4.78, 5) is 16.6. The minimum atomic E-state index is -0.335. The molecule has 0 aliphatic carbocycles. The van der Waals surface area contributed by atoms with Crippen molar-refractivity contribution in [2.75, 3.05) is 19.6 Å². The molecule has 0 unspecified atom stereocenters. The maximum atomic E-state index is 12.6. The highest BCUT2D eigenvalue weighted by molar-refractivity contribution is 5.91. The summed E-state index contributed by atoms with van der Waals surface area (Å²) in [7, 11) is 0. The predicted octanol–water partition coefficient (Wildman–Crippen LogP) is 1.09. The molecular formula is C18H25N5O3. The van der Waals surface area contributed by atoms with E-state index in [2.05, 4.69) is 33.5 Å². The molecule has 1 saturated heterocycles. The van der Waals surface area contributed by atoms with Gasteiger partial charge in [0.15, 0.2) is 11.6 Å². The minimum absolute atomic E-state index is 0.0681. The van der Waals surface area contributed by atoms with Gasteiger partial charge in [-0.05, 0) is 32.4 Å². The molecule has 4 heterocycles. The third-order valence-corrected chi connectivity index (χ3v) is 5.35. The largest absolute Gasteiger partial charge is 0.459 e. The van der Waals surface area contributed by atoms with E-state index in [1.807, 2.05) is 0 Å². The van der Waals surface area contributed by atoms with E-state index < -0.39 is 0 Å². The number of amides is 1. The number of β-amino-alcohol motifs (C(OH)–C–C–N with tert-alkyl or cyclic N) is 1. The normalized spacial score (nSPS) is 24.1. The standard InChI is InChI=1S/C18H25N5O3/c1-12(2)23-11-13(24)10-14(23)17-20-19-16-5-6-21(7-8-22(16)17)18(25)15-4-3-9-26-15/h3-4,9,12-14,24H,5-8,10-11H2,1-2H3/t13-,14+/m1/s1. The topological polar surface area (TPSA) is 87.6 Å². The van der Waals surface area contributed by atoms with E-state index in [1.165, 1.54) is 6.26 Å². The molecule has 2 aliphatic rings. The average molecular weight is 359 g/mol. The fourth-order valence-electron chi connectivity index (χ4n) is 4.01. The van der Waals surface area contributed by atoms with Crippen molar-refractivity contribution < 1.29 is 14.3 Å². The first-order chi connectivity index (χ1) is 12.5. The van der Waals surface area contributed by atoms with Crippen LogP contribution in [0.2, 0.25) is 0 Å². The summed E-state index contributed by atoms with van der Waals surface area (Å²) in [6.07, 6.45) is 2.52. The van der Waals surface area contributed by atoms with Gasteiger partial charge in [0, 0.05) is 38.6 Å². The number of carbonyl (C=O) groups is 1. The second kappa shape index (κ2) is 6.85. The predicted molar refractivity (Wildman–Crippen MR) is 93.5 cm³/mol. The molecule has 1 amide bonds. The van der Waals surface area contributed by atoms with Crippen molar-refractivity contribution in [3.05, 3.63) is 35.8 Å². The molecule has 0 aromatic carbocycles. The first-order valence-electron chi connectivity index (χ1n) is 9.23. The first kappa shape index (κ1) is 17.2. The second-order valence-corrected chi connectivity index (χ2v) is 7.34. The lowest BCUT2D eigenvalue weighted by Gasteiger charge is -2.27. The van der Waals surface area contributed by atoms with Gasteiger partial charge < -0.3 is 19.0 Å². The summed E-state index contributed by atoms with van der Waals surface area (Å²) in [5.74, 6) is 2.08. The summed E-state index contributed by atoms with van der Waals surface area (Å²) >= 11 is 0. The van der Waals surface area contributed by atoms with Crippen molar-refractivity contribution in [2.24, 2.45) is 0 Å². The van der Waals surface area contributed by atoms with Crippen LogP contribution in [0, 0.1) is 0 Å². The molecular weight excluding hydrogens is 334 g/mol. The molecule has 2 aromatic heterocycles. The highest BCUT2D eigenvalue weighted by Gasteiger charge is 2.37. The molecule has 8 heteroatoms. The SMILES string of the molecule is CC(C)N1C[C@H](O)C[C@H]1c1nnc2n1CCN(C(=O)c1ccco1)CC2. The Morgan fingerprint density at radius 2 is 2.15 bits per heavy atom. The lowest BCUT2D eigenvalue weighted by atomic mass is 10.1. The first-order valence-corrected chi connectivity index (χ1v) is 9.23. The Hall–Kier alpha value is -2.19. The maximum absolute atomic E-state index is 12.6. The van der Waals surface area contributed by atoms with Crippen LogP contribution in [0.4, 0.5) is 0 Å². The van der Waals surface area contributed by atoms with Crippen LogP contribution in [-0.4, -0.2) is 67.4 Å². The smallest absolute Gasteiger partial charge is 0.289 e. The van der Waals surface area contributed by atoms with Crippen LogP contribution in [0.15, 0.2) is 22.8 Å². The summed E-state index contributed by atoms with van der Waals surface area (Å²) in [6.45, 7) is 6.77. The zero-order valence-electron chi connectivity index (χ0n) is 15.2. The number of furan rings is 1. The Kier molecular flexibility index (Phi) is 4.54. The van der Waals surface area contributed by atoms with Crippen LogP contribution in [-0.2, 0) is 13.0 Å². The van der Waals surface area contributed by atoms with Crippen molar-refractivity contribution >= 4 is 5.91 Å². The third kappa shape index (κ3) is 3.03. The van der Waals surface area contributed by atoms with Crippen LogP contribution in [0.25, 0.3) is 0 Å². The Morgan fingerprint density at radius 3 is 2.88 bits per heavy atom. The number of rotatable bonds is 3. The molecule has 140 valence electrons. The summed E-state index contributed by atoms with van der Waals surface area (Å²) in [5.41, 5.74) is 0. The van der Waals surface area contributed by atoms with Crippen LogP contribution < -0.4 is 0 Å². The van der Waals surface area contributed by atoms with E-state index in [-0.39, 0.29) is 18.1 Å². The van der Waals surface area contributed by atoms with Gasteiger partial charge in [-0.15, -0.1) is 10.2 Å². The van der Waals surface area contributed by atoms with Crippen LogP contribution in [0.1, 0.15) is 48.5 Å². The van der Waals surface area contributed by atoms with E-state index in [9.17, 15) is 9.90 Å². The number of likely N-dealkylation sites (tertiary alicyclic amines) is 1. The van der Waals surface area contributed by atoms with Crippen molar-refractivity contribution in [1.29, 1.82) is 0 Å². The van der Waals surface area contributed by atoms with Gasteiger partial charge in [0.05, 0.1) is 18.4 Å². The number of aromatic nitrogens is 3. The van der Waals surface area contributed by atoms with Gasteiger partial charge >= 0.3 is 0 Å². The number of carbonyl (C=O) groups excluding carboxylic acids is 1. The number of hydrogen-bond acceptors (Lipinski definition) is 6. The van der Waals surface area contributed by atoms with E-state index in [1.54, 1.807) is 17.0 Å². The van der Waals surface area contributed by atoms with Gasteiger partial charge in [-0.3, -0.25) is 9.69 Å². The van der Waals surface area contributed by atoms with Crippen LogP contribution in [0.5, 0.6) is 0 Å². The van der Waals surface area contributed by atoms with Crippen LogP contribution in [0.3, 0.4) is 0 Å². The van der Waals surface area contributed by atoms with Crippen molar-refractivity contribution in [2.45, 2.75) is 51.4 Å². The third-order valence-electron chi connectivity index (χ3n) is 5.35. The Morgan fingerprint density at radius 1 is 1.31 bits per heavy atom. The summed E-state index contributed by atoms with van der Waals surface area (Å²) in [6, 6.07) is 3.81. The number of fused-ring (bicyclic) bond motifs is 1. The highest BCUT2D eigenvalue weighted by Crippen LogP contribution is 2.33. The lowest BCUT2D eigenvalue weighted by Crippen LogP contribution is -2.34. The zero-order valence-corrected chi connectivity index (χ0v) is 15.2. The van der Waals surface area contributed by atoms with Gasteiger partial charge in [-0.1, -0.05) is 0 Å². The Labute approximate surface area is 152 Å². The van der Waals surface area contributed by atoms with Gasteiger partial charge in [0.25, 0.3) is 5.91 Å². The molecule has 0 saturated carbocycles. The fraction of sp³-hybridized carbons (Fsp3) is 0.611. The van der Waals surface area contributed by atoms with Crippen molar-refractivity contribution in [1.82, 2.24) is 24.6 Å². The molecule has 1 N–H and O–H groups in total. The van der Waals surface area contributed by atoms with E-state index in [0.717, 1.165) is 11.6 Å². The second-order valence-electron chi connectivity index (χ2n) is 7.34. The maximum Gasteiger partial charge on any atom is 0.289 e.